The van der Waals surface area contributed by atoms with Crippen molar-refractivity contribution in [2.75, 3.05) is 13.3 Å². The average molecular weight is 314 g/mol. The zero-order valence-corrected chi connectivity index (χ0v) is 14.3. The van der Waals surface area contributed by atoms with Gasteiger partial charge in [-0.15, -0.1) is 0 Å². The Kier molecular flexibility index (Phi) is 17.5. The number of hydrogen-bond acceptors (Lipinski definition) is 2. The minimum absolute atomic E-state index is 0.153. The van der Waals surface area contributed by atoms with Crippen LogP contribution in [-0.4, -0.2) is 19.3 Å². The van der Waals surface area contributed by atoms with Gasteiger partial charge in [-0.2, -0.15) is 0 Å². The molecular formula is C19H35FO2. The number of alkyl halides is 1. The molecule has 0 aliphatic rings. The Hall–Kier alpha value is -0.860. The lowest BCUT2D eigenvalue weighted by Crippen LogP contribution is -2.01. The second kappa shape index (κ2) is 18.2. The number of halogens is 1. The van der Waals surface area contributed by atoms with Gasteiger partial charge in [-0.1, -0.05) is 83.6 Å². The van der Waals surface area contributed by atoms with Crippen molar-refractivity contribution < 1.29 is 13.9 Å². The van der Waals surface area contributed by atoms with Crippen LogP contribution in [0.5, 0.6) is 0 Å². The maximum absolute atomic E-state index is 11.9. The smallest absolute Gasteiger partial charge is 0.330 e. The molecule has 0 aromatic carbocycles. The highest BCUT2D eigenvalue weighted by atomic mass is 19.1. The van der Waals surface area contributed by atoms with Crippen molar-refractivity contribution in [3.05, 3.63) is 12.7 Å². The van der Waals surface area contributed by atoms with Crippen LogP contribution < -0.4 is 0 Å². The lowest BCUT2D eigenvalue weighted by Gasteiger charge is -2.03. The van der Waals surface area contributed by atoms with E-state index in [4.69, 9.17) is 4.74 Å². The summed E-state index contributed by atoms with van der Waals surface area (Å²) in [7, 11) is 0. The third-order valence-corrected chi connectivity index (χ3v) is 3.94. The van der Waals surface area contributed by atoms with E-state index in [1.165, 1.54) is 70.3 Å². The molecule has 0 aliphatic carbocycles. The van der Waals surface area contributed by atoms with Crippen molar-refractivity contribution in [2.24, 2.45) is 0 Å². The summed E-state index contributed by atoms with van der Waals surface area (Å²) in [5.74, 6) is -0.317. The molecule has 0 atom stereocenters. The zero-order valence-electron chi connectivity index (χ0n) is 14.3. The molecule has 3 heteroatoms. The Morgan fingerprint density at radius 3 is 1.45 bits per heavy atom. The fraction of sp³-hybridized carbons (Fsp3) is 0.842. The van der Waals surface area contributed by atoms with Gasteiger partial charge in [0, 0.05) is 6.08 Å². The van der Waals surface area contributed by atoms with Gasteiger partial charge in [0.05, 0.1) is 13.3 Å². The van der Waals surface area contributed by atoms with Crippen LogP contribution in [0.4, 0.5) is 4.39 Å². The van der Waals surface area contributed by atoms with Crippen LogP contribution >= 0.6 is 0 Å². The van der Waals surface area contributed by atoms with Crippen LogP contribution in [0.1, 0.15) is 89.9 Å². The first-order chi connectivity index (χ1) is 10.8. The number of hydrogen-bond donors (Lipinski definition) is 0. The van der Waals surface area contributed by atoms with Crippen molar-refractivity contribution in [1.29, 1.82) is 0 Å². The summed E-state index contributed by atoms with van der Waals surface area (Å²) >= 11 is 0. The van der Waals surface area contributed by atoms with Crippen LogP contribution in [0, 0.1) is 0 Å². The number of esters is 1. The van der Waals surface area contributed by atoms with Crippen molar-refractivity contribution in [3.8, 4) is 0 Å². The van der Waals surface area contributed by atoms with Gasteiger partial charge in [-0.3, -0.25) is 4.39 Å². The summed E-state index contributed by atoms with van der Waals surface area (Å²) in [5, 5.41) is 0. The molecule has 0 rings (SSSR count). The lowest BCUT2D eigenvalue weighted by molar-refractivity contribution is -0.137. The SMILES string of the molecule is C=CC(=O)OCCCCCCCCCCCCCCCCF. The Balaban J connectivity index is 2.99. The molecule has 2 nitrogen and oxygen atoms in total. The molecule has 0 bridgehead atoms. The maximum atomic E-state index is 11.9. The number of carbonyl (C=O) groups excluding carboxylic acids is 1. The van der Waals surface area contributed by atoms with Gasteiger partial charge in [-0.05, 0) is 12.8 Å². The van der Waals surface area contributed by atoms with E-state index in [2.05, 4.69) is 6.58 Å². The fourth-order valence-corrected chi connectivity index (χ4v) is 2.55. The van der Waals surface area contributed by atoms with E-state index < -0.39 is 0 Å². The number of unbranched alkanes of at least 4 members (excludes halogenated alkanes) is 13. The Labute approximate surface area is 136 Å². The number of rotatable bonds is 17. The predicted molar refractivity (Wildman–Crippen MR) is 91.8 cm³/mol. The highest BCUT2D eigenvalue weighted by Gasteiger charge is 1.96. The van der Waals surface area contributed by atoms with Crippen LogP contribution in [0.25, 0.3) is 0 Å². The molecule has 0 spiro atoms. The van der Waals surface area contributed by atoms with E-state index in [0.29, 0.717) is 6.61 Å². The van der Waals surface area contributed by atoms with Gasteiger partial charge in [0.25, 0.3) is 0 Å². The van der Waals surface area contributed by atoms with Gasteiger partial charge in [-0.25, -0.2) is 4.79 Å². The molecule has 0 N–H and O–H groups in total. The monoisotopic (exact) mass is 314 g/mol. The molecule has 0 saturated heterocycles. The van der Waals surface area contributed by atoms with Crippen LogP contribution in [0.2, 0.25) is 0 Å². The highest BCUT2D eigenvalue weighted by molar-refractivity contribution is 5.81. The first kappa shape index (κ1) is 21.1. The van der Waals surface area contributed by atoms with Gasteiger partial charge in [0.15, 0.2) is 0 Å². The average Bonchev–Trinajstić information content (AvgIpc) is 2.54. The van der Waals surface area contributed by atoms with E-state index in [-0.39, 0.29) is 12.6 Å². The van der Waals surface area contributed by atoms with Gasteiger partial charge >= 0.3 is 5.97 Å². The fourth-order valence-electron chi connectivity index (χ4n) is 2.55. The first-order valence-electron chi connectivity index (χ1n) is 9.16. The van der Waals surface area contributed by atoms with E-state index in [1.54, 1.807) is 0 Å². The summed E-state index contributed by atoms with van der Waals surface area (Å²) in [5.41, 5.74) is 0. The second-order valence-electron chi connectivity index (χ2n) is 6.01. The van der Waals surface area contributed by atoms with E-state index >= 15 is 0 Å². The Morgan fingerprint density at radius 1 is 0.727 bits per heavy atom. The van der Waals surface area contributed by atoms with Crippen LogP contribution in [0.3, 0.4) is 0 Å². The Morgan fingerprint density at radius 2 is 1.09 bits per heavy atom. The summed E-state index contributed by atoms with van der Waals surface area (Å²) in [6, 6.07) is 0. The van der Waals surface area contributed by atoms with Gasteiger partial charge in [0.1, 0.15) is 0 Å². The molecule has 0 aliphatic heterocycles. The van der Waals surface area contributed by atoms with Gasteiger partial charge < -0.3 is 4.74 Å². The maximum Gasteiger partial charge on any atom is 0.330 e. The molecule has 0 heterocycles. The molecule has 0 aromatic rings. The highest BCUT2D eigenvalue weighted by Crippen LogP contribution is 2.13. The minimum Gasteiger partial charge on any atom is -0.463 e. The molecule has 0 unspecified atom stereocenters. The third-order valence-electron chi connectivity index (χ3n) is 3.94. The first-order valence-corrected chi connectivity index (χ1v) is 9.16. The lowest BCUT2D eigenvalue weighted by atomic mass is 10.0. The van der Waals surface area contributed by atoms with E-state index in [1.807, 2.05) is 0 Å². The molecule has 0 fully saturated rings. The molecule has 0 aromatic heterocycles. The predicted octanol–water partition coefficient (Wildman–Crippen LogP) is 6.15. The largest absolute Gasteiger partial charge is 0.463 e. The second-order valence-corrected chi connectivity index (χ2v) is 6.01. The van der Waals surface area contributed by atoms with E-state index in [9.17, 15) is 9.18 Å². The van der Waals surface area contributed by atoms with Crippen LogP contribution in [0.15, 0.2) is 12.7 Å². The summed E-state index contributed by atoms with van der Waals surface area (Å²) in [6.45, 7) is 3.74. The quantitative estimate of drug-likeness (QED) is 0.183. The molecule has 0 saturated carbocycles. The topological polar surface area (TPSA) is 26.3 Å². The van der Waals surface area contributed by atoms with E-state index in [0.717, 1.165) is 25.7 Å². The van der Waals surface area contributed by atoms with Crippen molar-refractivity contribution in [2.45, 2.75) is 89.9 Å². The van der Waals surface area contributed by atoms with Crippen molar-refractivity contribution in [3.63, 3.8) is 0 Å². The van der Waals surface area contributed by atoms with Crippen molar-refractivity contribution in [1.82, 2.24) is 0 Å². The Bertz CT molecular complexity index is 254. The standard InChI is InChI=1S/C19H35FO2/c1-2-19(21)22-18-16-14-12-10-8-6-4-3-5-7-9-11-13-15-17-20/h2H,1,3-18H2. The minimum atomic E-state index is -0.317. The molecule has 0 amide bonds. The zero-order chi connectivity index (χ0) is 16.3. The summed E-state index contributed by atoms with van der Waals surface area (Å²) in [4.78, 5) is 10.8. The third kappa shape index (κ3) is 17.2. The normalized spacial score (nSPS) is 10.6. The molecule has 0 radical (unpaired) electrons. The van der Waals surface area contributed by atoms with Gasteiger partial charge in [0.2, 0.25) is 0 Å². The van der Waals surface area contributed by atoms with Crippen molar-refractivity contribution >= 4 is 5.97 Å². The number of ether oxygens (including phenoxy) is 1. The summed E-state index contributed by atoms with van der Waals surface area (Å²) < 4.78 is 16.8. The molecule has 22 heavy (non-hydrogen) atoms. The van der Waals surface area contributed by atoms with Crippen LogP contribution in [-0.2, 0) is 9.53 Å². The molecule has 130 valence electrons. The number of carbonyl (C=O) groups is 1. The molecular weight excluding hydrogens is 279 g/mol. The summed E-state index contributed by atoms with van der Waals surface area (Å²) in [6.07, 6.45) is 18.1.